The summed E-state index contributed by atoms with van der Waals surface area (Å²) in [6.45, 7) is 1.45. The standard InChI is InChI=1S/C21H25ClN4O4S/c1-24(16-17-3-2-10-23-15-17)20(27)8-9-21(28)25-11-13-26(14-12-25)31(29,30)19-6-4-18(22)5-7-19/h2-7,10,15H,8-9,11-14,16H2,1H3. The Kier molecular flexibility index (Phi) is 7.64. The van der Waals surface area contributed by atoms with E-state index in [2.05, 4.69) is 4.98 Å². The van der Waals surface area contributed by atoms with Crippen molar-refractivity contribution in [3.8, 4) is 0 Å². The second-order valence-electron chi connectivity index (χ2n) is 7.35. The minimum atomic E-state index is -3.62. The summed E-state index contributed by atoms with van der Waals surface area (Å²) < 4.78 is 26.8. The molecule has 2 heterocycles. The van der Waals surface area contributed by atoms with Crippen LogP contribution < -0.4 is 0 Å². The van der Waals surface area contributed by atoms with E-state index in [-0.39, 0.29) is 42.6 Å². The van der Waals surface area contributed by atoms with E-state index in [4.69, 9.17) is 11.6 Å². The van der Waals surface area contributed by atoms with Gasteiger partial charge in [0.15, 0.2) is 0 Å². The number of halogens is 1. The lowest BCUT2D eigenvalue weighted by molar-refractivity contribution is -0.137. The maximum atomic E-state index is 12.7. The van der Waals surface area contributed by atoms with Crippen molar-refractivity contribution in [1.82, 2.24) is 19.1 Å². The molecule has 2 aromatic rings. The molecule has 8 nitrogen and oxygen atoms in total. The van der Waals surface area contributed by atoms with Gasteiger partial charge in [-0.1, -0.05) is 17.7 Å². The van der Waals surface area contributed by atoms with Gasteiger partial charge < -0.3 is 9.80 Å². The molecule has 0 spiro atoms. The number of sulfonamides is 1. The highest BCUT2D eigenvalue weighted by Gasteiger charge is 2.30. The Bertz CT molecular complexity index is 1010. The quantitative estimate of drug-likeness (QED) is 0.625. The van der Waals surface area contributed by atoms with Crippen LogP contribution in [0.25, 0.3) is 0 Å². The molecule has 10 heteroatoms. The van der Waals surface area contributed by atoms with E-state index < -0.39 is 10.0 Å². The third kappa shape index (κ3) is 6.03. The highest BCUT2D eigenvalue weighted by Crippen LogP contribution is 2.20. The van der Waals surface area contributed by atoms with E-state index in [1.807, 2.05) is 12.1 Å². The van der Waals surface area contributed by atoms with Crippen LogP contribution in [0.1, 0.15) is 18.4 Å². The molecule has 1 aliphatic heterocycles. The zero-order valence-electron chi connectivity index (χ0n) is 17.3. The fourth-order valence-corrected chi connectivity index (χ4v) is 4.90. The van der Waals surface area contributed by atoms with Crippen molar-refractivity contribution in [2.45, 2.75) is 24.3 Å². The Morgan fingerprint density at radius 1 is 1.06 bits per heavy atom. The van der Waals surface area contributed by atoms with E-state index in [0.29, 0.717) is 24.7 Å². The van der Waals surface area contributed by atoms with Gasteiger partial charge in [-0.25, -0.2) is 8.42 Å². The number of pyridine rings is 1. The van der Waals surface area contributed by atoms with Crippen LogP contribution in [0.5, 0.6) is 0 Å². The number of aromatic nitrogens is 1. The highest BCUT2D eigenvalue weighted by atomic mass is 35.5. The van der Waals surface area contributed by atoms with Crippen molar-refractivity contribution in [2.75, 3.05) is 33.2 Å². The number of carbonyl (C=O) groups excluding carboxylic acids is 2. The molecule has 0 bridgehead atoms. The van der Waals surface area contributed by atoms with Gasteiger partial charge in [-0.05, 0) is 35.9 Å². The largest absolute Gasteiger partial charge is 0.341 e. The second-order valence-corrected chi connectivity index (χ2v) is 9.72. The topological polar surface area (TPSA) is 90.9 Å². The molecule has 2 amide bonds. The summed E-state index contributed by atoms with van der Waals surface area (Å²) in [5, 5.41) is 0.468. The van der Waals surface area contributed by atoms with Gasteiger partial charge in [0.2, 0.25) is 21.8 Å². The van der Waals surface area contributed by atoms with Gasteiger partial charge in [-0.3, -0.25) is 14.6 Å². The number of benzene rings is 1. The summed E-state index contributed by atoms with van der Waals surface area (Å²) in [6, 6.07) is 9.72. The number of nitrogens with zero attached hydrogens (tertiary/aromatic N) is 4. The molecule has 0 saturated carbocycles. The predicted octanol–water partition coefficient (Wildman–Crippen LogP) is 2.01. The van der Waals surface area contributed by atoms with Gasteiger partial charge in [-0.15, -0.1) is 0 Å². The van der Waals surface area contributed by atoms with Crippen LogP contribution in [0.3, 0.4) is 0 Å². The van der Waals surface area contributed by atoms with Crippen molar-refractivity contribution >= 4 is 33.4 Å². The van der Waals surface area contributed by atoms with Gasteiger partial charge in [0.25, 0.3) is 0 Å². The molecule has 1 aliphatic rings. The summed E-state index contributed by atoms with van der Waals surface area (Å²) in [5.74, 6) is -0.271. The predicted molar refractivity (Wildman–Crippen MR) is 117 cm³/mol. The lowest BCUT2D eigenvalue weighted by Crippen LogP contribution is -2.50. The van der Waals surface area contributed by atoms with Gasteiger partial charge in [0.05, 0.1) is 4.90 Å². The number of hydrogen-bond acceptors (Lipinski definition) is 5. The molecule has 1 aromatic carbocycles. The van der Waals surface area contributed by atoms with Crippen LogP contribution >= 0.6 is 11.6 Å². The molecular weight excluding hydrogens is 440 g/mol. The SMILES string of the molecule is CN(Cc1cccnc1)C(=O)CCC(=O)N1CCN(S(=O)(=O)c2ccc(Cl)cc2)CC1. The summed E-state index contributed by atoms with van der Waals surface area (Å²) in [6.07, 6.45) is 3.58. The first-order valence-electron chi connectivity index (χ1n) is 9.94. The van der Waals surface area contributed by atoms with E-state index >= 15 is 0 Å². The minimum absolute atomic E-state index is 0.0974. The number of piperazine rings is 1. The van der Waals surface area contributed by atoms with E-state index in [1.54, 1.807) is 29.2 Å². The molecule has 166 valence electrons. The molecule has 0 atom stereocenters. The van der Waals surface area contributed by atoms with Crippen molar-refractivity contribution in [1.29, 1.82) is 0 Å². The molecule has 0 aliphatic carbocycles. The first-order chi connectivity index (χ1) is 14.8. The van der Waals surface area contributed by atoms with Gasteiger partial charge in [-0.2, -0.15) is 4.31 Å². The molecule has 0 radical (unpaired) electrons. The van der Waals surface area contributed by atoms with Crippen molar-refractivity contribution in [2.24, 2.45) is 0 Å². The molecule has 1 aromatic heterocycles. The molecule has 1 saturated heterocycles. The lowest BCUT2D eigenvalue weighted by atomic mass is 10.2. The Labute approximate surface area is 187 Å². The normalized spacial score (nSPS) is 15.0. The number of rotatable bonds is 7. The molecular formula is C21H25ClN4O4S. The molecule has 0 unspecified atom stereocenters. The first kappa shape index (κ1) is 23.2. The molecule has 0 N–H and O–H groups in total. The van der Waals surface area contributed by atoms with E-state index in [0.717, 1.165) is 5.56 Å². The van der Waals surface area contributed by atoms with E-state index in [1.165, 1.54) is 28.6 Å². The summed E-state index contributed by atoms with van der Waals surface area (Å²) >= 11 is 5.83. The first-order valence-corrected chi connectivity index (χ1v) is 11.8. The average Bonchev–Trinajstić information content (AvgIpc) is 2.78. The van der Waals surface area contributed by atoms with Crippen LogP contribution in [-0.2, 0) is 26.2 Å². The fourth-order valence-electron chi connectivity index (χ4n) is 3.35. The summed E-state index contributed by atoms with van der Waals surface area (Å²) in [4.78, 5) is 32.2. The number of hydrogen-bond donors (Lipinski definition) is 0. The zero-order valence-corrected chi connectivity index (χ0v) is 18.8. The van der Waals surface area contributed by atoms with Gasteiger partial charge in [0, 0.05) is 70.0 Å². The Morgan fingerprint density at radius 3 is 2.35 bits per heavy atom. The Hall–Kier alpha value is -2.49. The third-order valence-electron chi connectivity index (χ3n) is 5.16. The van der Waals surface area contributed by atoms with Crippen LogP contribution in [0.2, 0.25) is 5.02 Å². The smallest absolute Gasteiger partial charge is 0.243 e. The van der Waals surface area contributed by atoms with Crippen LogP contribution in [0, 0.1) is 0 Å². The van der Waals surface area contributed by atoms with Gasteiger partial charge >= 0.3 is 0 Å². The fraction of sp³-hybridized carbons (Fsp3) is 0.381. The number of carbonyl (C=O) groups is 2. The maximum absolute atomic E-state index is 12.7. The second kappa shape index (κ2) is 10.2. The van der Waals surface area contributed by atoms with Crippen LogP contribution in [-0.4, -0.2) is 72.5 Å². The summed E-state index contributed by atoms with van der Waals surface area (Å²) in [5.41, 5.74) is 0.919. The highest BCUT2D eigenvalue weighted by molar-refractivity contribution is 7.89. The van der Waals surface area contributed by atoms with Gasteiger partial charge in [0.1, 0.15) is 0 Å². The van der Waals surface area contributed by atoms with Crippen molar-refractivity contribution in [3.63, 3.8) is 0 Å². The van der Waals surface area contributed by atoms with Crippen LogP contribution in [0.4, 0.5) is 0 Å². The zero-order chi connectivity index (χ0) is 22.4. The molecule has 3 rings (SSSR count). The lowest BCUT2D eigenvalue weighted by Gasteiger charge is -2.34. The molecule has 1 fully saturated rings. The van der Waals surface area contributed by atoms with Crippen molar-refractivity contribution < 1.29 is 18.0 Å². The number of amides is 2. The van der Waals surface area contributed by atoms with E-state index in [9.17, 15) is 18.0 Å². The molecule has 31 heavy (non-hydrogen) atoms. The minimum Gasteiger partial charge on any atom is -0.341 e. The third-order valence-corrected chi connectivity index (χ3v) is 7.33. The Balaban J connectivity index is 1.46. The van der Waals surface area contributed by atoms with Crippen LogP contribution in [0.15, 0.2) is 53.7 Å². The Morgan fingerprint density at radius 2 is 1.74 bits per heavy atom. The van der Waals surface area contributed by atoms with Crippen molar-refractivity contribution in [3.05, 3.63) is 59.4 Å². The average molecular weight is 465 g/mol. The maximum Gasteiger partial charge on any atom is 0.243 e. The monoisotopic (exact) mass is 464 g/mol. The summed E-state index contributed by atoms with van der Waals surface area (Å²) in [7, 11) is -1.93.